The molecule has 124 valence electrons. The number of rotatable bonds is 2. The molecular formula is C17H22F4O. The Kier molecular flexibility index (Phi) is 4.36. The summed E-state index contributed by atoms with van der Waals surface area (Å²) in [6, 6.07) is 0. The second-order valence-corrected chi connectivity index (χ2v) is 6.70. The van der Waals surface area contributed by atoms with Crippen molar-refractivity contribution in [3.05, 3.63) is 23.8 Å². The Labute approximate surface area is 128 Å². The molecule has 0 N–H and O–H groups in total. The Morgan fingerprint density at radius 2 is 1.68 bits per heavy atom. The zero-order valence-corrected chi connectivity index (χ0v) is 12.5. The molecule has 2 aliphatic carbocycles. The summed E-state index contributed by atoms with van der Waals surface area (Å²) in [7, 11) is 0. The predicted octanol–water partition coefficient (Wildman–Crippen LogP) is 5.13. The van der Waals surface area contributed by atoms with Crippen LogP contribution in [0.1, 0.15) is 44.9 Å². The van der Waals surface area contributed by atoms with Crippen LogP contribution in [-0.2, 0) is 4.74 Å². The molecule has 3 aliphatic rings. The van der Waals surface area contributed by atoms with Crippen LogP contribution in [0.5, 0.6) is 0 Å². The normalized spacial score (nSPS) is 37.6. The van der Waals surface area contributed by atoms with Gasteiger partial charge in [0.25, 0.3) is 0 Å². The number of ether oxygens (including phenoxy) is 1. The molecule has 1 heterocycles. The fraction of sp³-hybridized carbons (Fsp3) is 0.765. The molecule has 22 heavy (non-hydrogen) atoms. The van der Waals surface area contributed by atoms with Crippen molar-refractivity contribution in [3.8, 4) is 0 Å². The molecule has 0 aromatic rings. The third-order valence-corrected chi connectivity index (χ3v) is 5.31. The molecule has 2 fully saturated rings. The van der Waals surface area contributed by atoms with Crippen LogP contribution in [0.15, 0.2) is 23.8 Å². The molecule has 0 radical (unpaired) electrons. The van der Waals surface area contributed by atoms with Gasteiger partial charge in [-0.05, 0) is 62.9 Å². The molecule has 0 spiro atoms. The van der Waals surface area contributed by atoms with Gasteiger partial charge in [0.1, 0.15) is 0 Å². The highest BCUT2D eigenvalue weighted by Gasteiger charge is 2.59. The molecule has 1 atom stereocenters. The summed E-state index contributed by atoms with van der Waals surface area (Å²) in [6.07, 6.45) is 8.77. The molecular weight excluding hydrogens is 296 g/mol. The first-order valence-corrected chi connectivity index (χ1v) is 8.19. The maximum absolute atomic E-state index is 14.0. The minimum atomic E-state index is -4.07. The van der Waals surface area contributed by atoms with Crippen molar-refractivity contribution in [2.75, 3.05) is 6.61 Å². The standard InChI is InChI=1S/C17H22F4O/c18-16(19)10-3-4-14(17(16,20)21)12-6-8-13(9-7-12)15-5-1-2-11-22-15/h3-4,10,12-13,15H,1-2,5-9,11H2. The average Bonchev–Trinajstić information content (AvgIpc) is 2.51. The molecule has 1 nitrogen and oxygen atoms in total. The van der Waals surface area contributed by atoms with Crippen LogP contribution in [0.4, 0.5) is 17.6 Å². The molecule has 1 aliphatic heterocycles. The number of allylic oxidation sites excluding steroid dienone is 4. The van der Waals surface area contributed by atoms with Gasteiger partial charge in [0, 0.05) is 12.2 Å². The molecule has 0 aromatic heterocycles. The smallest absolute Gasteiger partial charge is 0.335 e. The lowest BCUT2D eigenvalue weighted by atomic mass is 9.72. The molecule has 3 rings (SSSR count). The number of hydrogen-bond donors (Lipinski definition) is 0. The van der Waals surface area contributed by atoms with E-state index in [-0.39, 0.29) is 11.7 Å². The Hall–Kier alpha value is -0.840. The lowest BCUT2D eigenvalue weighted by Gasteiger charge is -2.39. The van der Waals surface area contributed by atoms with E-state index in [0.717, 1.165) is 44.8 Å². The Morgan fingerprint density at radius 3 is 2.32 bits per heavy atom. The van der Waals surface area contributed by atoms with Gasteiger partial charge in [-0.3, -0.25) is 0 Å². The maximum atomic E-state index is 14.0. The Bertz CT molecular complexity index is 455. The van der Waals surface area contributed by atoms with E-state index in [4.69, 9.17) is 4.74 Å². The van der Waals surface area contributed by atoms with Gasteiger partial charge >= 0.3 is 11.8 Å². The first kappa shape index (κ1) is 16.0. The fourth-order valence-electron chi connectivity index (χ4n) is 4.01. The quantitative estimate of drug-likeness (QED) is 0.641. The van der Waals surface area contributed by atoms with E-state index in [1.165, 1.54) is 6.08 Å². The van der Waals surface area contributed by atoms with Crippen LogP contribution >= 0.6 is 0 Å². The topological polar surface area (TPSA) is 9.23 Å². The van der Waals surface area contributed by atoms with Gasteiger partial charge in [-0.15, -0.1) is 0 Å². The Balaban J connectivity index is 1.64. The zero-order valence-electron chi connectivity index (χ0n) is 12.5. The fourth-order valence-corrected chi connectivity index (χ4v) is 4.01. The van der Waals surface area contributed by atoms with Crippen LogP contribution in [0.25, 0.3) is 0 Å². The van der Waals surface area contributed by atoms with E-state index in [9.17, 15) is 17.6 Å². The molecule has 0 bridgehead atoms. The third-order valence-electron chi connectivity index (χ3n) is 5.31. The highest BCUT2D eigenvalue weighted by atomic mass is 19.3. The van der Waals surface area contributed by atoms with Gasteiger partial charge in [-0.1, -0.05) is 12.2 Å². The van der Waals surface area contributed by atoms with Crippen molar-refractivity contribution in [3.63, 3.8) is 0 Å². The van der Waals surface area contributed by atoms with Crippen molar-refractivity contribution in [2.45, 2.75) is 62.9 Å². The minimum Gasteiger partial charge on any atom is -0.378 e. The summed E-state index contributed by atoms with van der Waals surface area (Å²) in [5, 5.41) is 0. The summed E-state index contributed by atoms with van der Waals surface area (Å²) in [5.74, 6) is -8.17. The number of alkyl halides is 4. The van der Waals surface area contributed by atoms with Gasteiger partial charge in [-0.2, -0.15) is 17.6 Å². The highest BCUT2D eigenvalue weighted by Crippen LogP contribution is 2.49. The van der Waals surface area contributed by atoms with Gasteiger partial charge in [-0.25, -0.2) is 0 Å². The number of halogens is 4. The first-order chi connectivity index (χ1) is 10.4. The van der Waals surface area contributed by atoms with Gasteiger partial charge in [0.05, 0.1) is 6.10 Å². The monoisotopic (exact) mass is 318 g/mol. The number of hydrogen-bond acceptors (Lipinski definition) is 1. The van der Waals surface area contributed by atoms with Crippen molar-refractivity contribution in [1.29, 1.82) is 0 Å². The van der Waals surface area contributed by atoms with Crippen LogP contribution in [0, 0.1) is 11.8 Å². The molecule has 0 aromatic carbocycles. The van der Waals surface area contributed by atoms with E-state index in [0.29, 0.717) is 24.8 Å². The lowest BCUT2D eigenvalue weighted by molar-refractivity contribution is -0.161. The van der Waals surface area contributed by atoms with Gasteiger partial charge in [0.15, 0.2) is 0 Å². The second-order valence-electron chi connectivity index (χ2n) is 6.70. The van der Waals surface area contributed by atoms with Crippen molar-refractivity contribution >= 4 is 0 Å². The lowest BCUT2D eigenvalue weighted by Crippen LogP contribution is -2.44. The van der Waals surface area contributed by atoms with Gasteiger partial charge in [0.2, 0.25) is 0 Å². The van der Waals surface area contributed by atoms with Crippen LogP contribution in [0.2, 0.25) is 0 Å². The maximum Gasteiger partial charge on any atom is 0.335 e. The van der Waals surface area contributed by atoms with Crippen molar-refractivity contribution in [1.82, 2.24) is 0 Å². The van der Waals surface area contributed by atoms with Crippen molar-refractivity contribution in [2.24, 2.45) is 11.8 Å². The zero-order chi connectivity index (χ0) is 15.8. The van der Waals surface area contributed by atoms with E-state index >= 15 is 0 Å². The van der Waals surface area contributed by atoms with Crippen LogP contribution in [-0.4, -0.2) is 24.6 Å². The largest absolute Gasteiger partial charge is 0.378 e. The SMILES string of the molecule is FC1(F)C=CC=C(C2CCC(C3CCCCO3)CC2)C1(F)F. The molecule has 5 heteroatoms. The minimum absolute atomic E-state index is 0.233. The van der Waals surface area contributed by atoms with E-state index in [2.05, 4.69) is 0 Å². The van der Waals surface area contributed by atoms with E-state index in [1.807, 2.05) is 0 Å². The predicted molar refractivity (Wildman–Crippen MR) is 76.2 cm³/mol. The van der Waals surface area contributed by atoms with E-state index < -0.39 is 17.8 Å². The molecule has 0 amide bonds. The average molecular weight is 318 g/mol. The molecule has 1 saturated carbocycles. The summed E-state index contributed by atoms with van der Waals surface area (Å²) in [6.45, 7) is 0.783. The second kappa shape index (κ2) is 5.99. The Morgan fingerprint density at radius 1 is 0.955 bits per heavy atom. The van der Waals surface area contributed by atoms with Crippen molar-refractivity contribution < 1.29 is 22.3 Å². The van der Waals surface area contributed by atoms with Gasteiger partial charge < -0.3 is 4.74 Å². The molecule has 1 unspecified atom stereocenters. The molecule has 1 saturated heterocycles. The highest BCUT2D eigenvalue weighted by molar-refractivity contribution is 5.33. The summed E-state index contributed by atoms with van der Waals surface area (Å²) >= 11 is 0. The van der Waals surface area contributed by atoms with E-state index in [1.54, 1.807) is 0 Å². The van der Waals surface area contributed by atoms with Crippen LogP contribution < -0.4 is 0 Å². The summed E-state index contributed by atoms with van der Waals surface area (Å²) in [5.41, 5.74) is -0.386. The third kappa shape index (κ3) is 2.84. The first-order valence-electron chi connectivity index (χ1n) is 8.19. The summed E-state index contributed by atoms with van der Waals surface area (Å²) in [4.78, 5) is 0. The summed E-state index contributed by atoms with van der Waals surface area (Å²) < 4.78 is 60.7. The van der Waals surface area contributed by atoms with Crippen LogP contribution in [0.3, 0.4) is 0 Å².